The summed E-state index contributed by atoms with van der Waals surface area (Å²) < 4.78 is 0. The predicted octanol–water partition coefficient (Wildman–Crippen LogP) is 1.24. The number of amides is 1. The van der Waals surface area contributed by atoms with Crippen LogP contribution in [0.4, 0.5) is 11.4 Å². The van der Waals surface area contributed by atoms with Crippen LogP contribution < -0.4 is 16.0 Å². The number of nitrogens with zero attached hydrogens (tertiary/aromatic N) is 1. The molecule has 1 amide bonds. The van der Waals surface area contributed by atoms with E-state index in [2.05, 4.69) is 5.32 Å². The van der Waals surface area contributed by atoms with Gasteiger partial charge in [-0.25, -0.2) is 0 Å². The van der Waals surface area contributed by atoms with Crippen molar-refractivity contribution >= 4 is 17.3 Å². The zero-order valence-electron chi connectivity index (χ0n) is 9.70. The lowest BCUT2D eigenvalue weighted by Gasteiger charge is -2.34. The number of carbonyl (C=O) groups excluding carboxylic acids is 1. The van der Waals surface area contributed by atoms with Gasteiger partial charge in [0.05, 0.1) is 11.7 Å². The van der Waals surface area contributed by atoms with Gasteiger partial charge in [-0.2, -0.15) is 0 Å². The van der Waals surface area contributed by atoms with Gasteiger partial charge in [-0.05, 0) is 31.5 Å². The van der Waals surface area contributed by atoms with Crippen LogP contribution in [0.2, 0.25) is 0 Å². The number of hydrogen-bond acceptors (Lipinski definition) is 2. The van der Waals surface area contributed by atoms with Gasteiger partial charge in [0, 0.05) is 24.2 Å². The highest BCUT2D eigenvalue weighted by Gasteiger charge is 2.32. The van der Waals surface area contributed by atoms with Gasteiger partial charge in [-0.1, -0.05) is 6.07 Å². The fourth-order valence-electron chi connectivity index (χ4n) is 2.81. The Balaban J connectivity index is 2.03. The van der Waals surface area contributed by atoms with E-state index in [4.69, 9.17) is 5.73 Å². The third-order valence-electron chi connectivity index (χ3n) is 3.67. The molecular weight excluding hydrogens is 214 g/mol. The molecule has 0 bridgehead atoms. The molecule has 1 aromatic carbocycles. The van der Waals surface area contributed by atoms with Crippen LogP contribution in [-0.2, 0) is 11.2 Å². The van der Waals surface area contributed by atoms with Crippen LogP contribution in [0.3, 0.4) is 0 Å². The molecule has 2 N–H and O–H groups in total. The number of carbonyl (C=O) groups is 1. The summed E-state index contributed by atoms with van der Waals surface area (Å²) in [6, 6.07) is 5.92. The minimum atomic E-state index is 0.205. The highest BCUT2D eigenvalue weighted by molar-refractivity contribution is 5.98. The Morgan fingerprint density at radius 2 is 2.24 bits per heavy atom. The van der Waals surface area contributed by atoms with Gasteiger partial charge in [0.15, 0.2) is 0 Å². The molecule has 1 radical (unpaired) electrons. The first kappa shape index (κ1) is 10.6. The number of rotatable bonds is 1. The van der Waals surface area contributed by atoms with Gasteiger partial charge < -0.3 is 16.0 Å². The van der Waals surface area contributed by atoms with Gasteiger partial charge in [-0.3, -0.25) is 4.79 Å². The van der Waals surface area contributed by atoms with Gasteiger partial charge in [0.2, 0.25) is 5.91 Å². The van der Waals surface area contributed by atoms with Crippen molar-refractivity contribution in [3.8, 4) is 0 Å². The molecule has 1 saturated heterocycles. The van der Waals surface area contributed by atoms with E-state index in [1.54, 1.807) is 6.07 Å². The molecule has 2 aliphatic rings. The molecule has 0 saturated carbocycles. The summed E-state index contributed by atoms with van der Waals surface area (Å²) in [6.07, 6.45) is 2.26. The fourth-order valence-corrected chi connectivity index (χ4v) is 2.81. The Kier molecular flexibility index (Phi) is 2.52. The molecule has 0 aliphatic carbocycles. The normalized spacial score (nSPS) is 23.9. The molecule has 4 heteroatoms. The number of anilines is 1. The summed E-state index contributed by atoms with van der Waals surface area (Å²) in [6.45, 7) is 1.84. The van der Waals surface area contributed by atoms with Gasteiger partial charge in [0.25, 0.3) is 0 Å². The van der Waals surface area contributed by atoms with E-state index in [-0.39, 0.29) is 11.9 Å². The van der Waals surface area contributed by atoms with Crippen LogP contribution in [-0.4, -0.2) is 25.0 Å². The molecule has 1 atom stereocenters. The standard InChI is InChI=1S/C13H16N3O/c14-11-2-1-3-12-10(11)4-5-13(17)16(12)9-6-7-15-8-9/h1-3,9,14-15H,4-8H2. The maximum absolute atomic E-state index is 12.1. The number of fused-ring (bicyclic) bond motifs is 1. The zero-order chi connectivity index (χ0) is 11.8. The number of benzene rings is 1. The van der Waals surface area contributed by atoms with Crippen molar-refractivity contribution in [1.82, 2.24) is 11.1 Å². The van der Waals surface area contributed by atoms with Gasteiger partial charge >= 0.3 is 0 Å². The summed E-state index contributed by atoms with van der Waals surface area (Å²) >= 11 is 0. The third kappa shape index (κ3) is 1.69. The van der Waals surface area contributed by atoms with Crippen molar-refractivity contribution in [2.24, 2.45) is 0 Å². The highest BCUT2D eigenvalue weighted by atomic mass is 16.2. The van der Waals surface area contributed by atoms with E-state index in [0.717, 1.165) is 30.8 Å². The molecule has 89 valence electrons. The SMILES string of the molecule is [NH]c1cccc2c1CCC(=O)N2C1CCNC1. The Bertz CT molecular complexity index is 452. The van der Waals surface area contributed by atoms with E-state index in [0.29, 0.717) is 18.5 Å². The summed E-state index contributed by atoms with van der Waals surface area (Å²) in [4.78, 5) is 14.0. The summed E-state index contributed by atoms with van der Waals surface area (Å²) in [7, 11) is 0. The lowest BCUT2D eigenvalue weighted by molar-refractivity contribution is -0.119. The van der Waals surface area contributed by atoms with Crippen molar-refractivity contribution in [3.05, 3.63) is 23.8 Å². The van der Waals surface area contributed by atoms with Crippen LogP contribution in [0.1, 0.15) is 18.4 Å². The fraction of sp³-hybridized carbons (Fsp3) is 0.462. The monoisotopic (exact) mass is 230 g/mol. The predicted molar refractivity (Wildman–Crippen MR) is 66.3 cm³/mol. The van der Waals surface area contributed by atoms with Crippen molar-refractivity contribution in [2.75, 3.05) is 18.0 Å². The molecule has 1 unspecified atom stereocenters. The average Bonchev–Trinajstić information content (AvgIpc) is 2.82. The molecular formula is C13H16N3O. The second-order valence-electron chi connectivity index (χ2n) is 4.71. The van der Waals surface area contributed by atoms with Crippen LogP contribution in [0.25, 0.3) is 0 Å². The third-order valence-corrected chi connectivity index (χ3v) is 3.67. The van der Waals surface area contributed by atoms with Gasteiger partial charge in [-0.15, -0.1) is 0 Å². The first-order chi connectivity index (χ1) is 8.27. The molecule has 17 heavy (non-hydrogen) atoms. The highest BCUT2D eigenvalue weighted by Crippen LogP contribution is 2.34. The molecule has 1 fully saturated rings. The molecule has 0 spiro atoms. The first-order valence-corrected chi connectivity index (χ1v) is 6.13. The smallest absolute Gasteiger partial charge is 0.227 e. The van der Waals surface area contributed by atoms with E-state index in [9.17, 15) is 4.79 Å². The molecule has 2 heterocycles. The Morgan fingerprint density at radius 1 is 1.35 bits per heavy atom. The first-order valence-electron chi connectivity index (χ1n) is 6.13. The van der Waals surface area contributed by atoms with Crippen LogP contribution in [0.15, 0.2) is 18.2 Å². The number of nitrogens with one attached hydrogen (secondary N) is 2. The van der Waals surface area contributed by atoms with Crippen molar-refractivity contribution < 1.29 is 4.79 Å². The molecule has 3 rings (SSSR count). The van der Waals surface area contributed by atoms with Gasteiger partial charge in [0.1, 0.15) is 0 Å². The lowest BCUT2D eigenvalue weighted by atomic mass is 9.97. The minimum absolute atomic E-state index is 0.205. The Morgan fingerprint density at radius 3 is 3.00 bits per heavy atom. The Labute approximate surface area is 101 Å². The summed E-state index contributed by atoms with van der Waals surface area (Å²) in [5.74, 6) is 0.205. The molecule has 0 aromatic heterocycles. The van der Waals surface area contributed by atoms with E-state index >= 15 is 0 Å². The topological polar surface area (TPSA) is 56.1 Å². The maximum atomic E-state index is 12.1. The average molecular weight is 230 g/mol. The summed E-state index contributed by atoms with van der Waals surface area (Å²) in [5.41, 5.74) is 10.5. The van der Waals surface area contributed by atoms with Crippen LogP contribution >= 0.6 is 0 Å². The lowest BCUT2D eigenvalue weighted by Crippen LogP contribution is -2.44. The van der Waals surface area contributed by atoms with Crippen molar-refractivity contribution in [1.29, 1.82) is 0 Å². The minimum Gasteiger partial charge on any atom is -0.315 e. The second-order valence-corrected chi connectivity index (χ2v) is 4.71. The summed E-state index contributed by atoms with van der Waals surface area (Å²) in [5, 5.41) is 3.29. The molecule has 4 nitrogen and oxygen atoms in total. The van der Waals surface area contributed by atoms with Crippen molar-refractivity contribution in [3.63, 3.8) is 0 Å². The number of hydrogen-bond donors (Lipinski definition) is 1. The molecule has 2 aliphatic heterocycles. The largest absolute Gasteiger partial charge is 0.315 e. The van der Waals surface area contributed by atoms with E-state index in [1.165, 1.54) is 0 Å². The van der Waals surface area contributed by atoms with Crippen LogP contribution in [0.5, 0.6) is 0 Å². The van der Waals surface area contributed by atoms with E-state index in [1.807, 2.05) is 17.0 Å². The Hall–Kier alpha value is -1.55. The maximum Gasteiger partial charge on any atom is 0.227 e. The van der Waals surface area contributed by atoms with Crippen molar-refractivity contribution in [2.45, 2.75) is 25.3 Å². The quantitative estimate of drug-likeness (QED) is 0.789. The zero-order valence-corrected chi connectivity index (χ0v) is 9.70. The second kappa shape index (κ2) is 4.04. The van der Waals surface area contributed by atoms with Crippen LogP contribution in [0, 0.1) is 0 Å². The molecule has 1 aromatic rings. The van der Waals surface area contributed by atoms with E-state index < -0.39 is 0 Å².